The molecule has 0 aliphatic heterocycles. The summed E-state index contributed by atoms with van der Waals surface area (Å²) in [6, 6.07) is 11.9. The molecular formula is C16H13ClF3NO. The molecular weight excluding hydrogens is 315 g/mol. The van der Waals surface area contributed by atoms with Crippen molar-refractivity contribution in [3.63, 3.8) is 0 Å². The van der Waals surface area contributed by atoms with Gasteiger partial charge in [0.25, 0.3) is 0 Å². The van der Waals surface area contributed by atoms with E-state index in [4.69, 9.17) is 16.4 Å². The average Bonchev–Trinajstić information content (AvgIpc) is 2.47. The molecule has 116 valence electrons. The fourth-order valence-electron chi connectivity index (χ4n) is 1.94. The lowest BCUT2D eigenvalue weighted by molar-refractivity contribution is -0.137. The summed E-state index contributed by atoms with van der Waals surface area (Å²) in [5.74, 6) is 0. The SMILES string of the molecule is CCON=C(c1ccccc1)c1cc(Cl)ccc1C(F)(F)F. The maximum atomic E-state index is 13.2. The Morgan fingerprint density at radius 3 is 2.41 bits per heavy atom. The summed E-state index contributed by atoms with van der Waals surface area (Å²) in [6.07, 6.45) is -4.51. The van der Waals surface area contributed by atoms with E-state index in [0.717, 1.165) is 6.07 Å². The number of hydrogen-bond acceptors (Lipinski definition) is 2. The zero-order chi connectivity index (χ0) is 16.2. The molecule has 0 amide bonds. The Morgan fingerprint density at radius 1 is 1.14 bits per heavy atom. The number of halogens is 4. The van der Waals surface area contributed by atoms with E-state index in [1.54, 1.807) is 37.3 Å². The van der Waals surface area contributed by atoms with E-state index in [2.05, 4.69) is 5.16 Å². The van der Waals surface area contributed by atoms with Gasteiger partial charge in [0, 0.05) is 16.1 Å². The lowest BCUT2D eigenvalue weighted by Crippen LogP contribution is -2.15. The molecule has 2 rings (SSSR count). The lowest BCUT2D eigenvalue weighted by atomic mass is 9.97. The second kappa shape index (κ2) is 6.83. The minimum absolute atomic E-state index is 0.0947. The van der Waals surface area contributed by atoms with E-state index in [0.29, 0.717) is 5.56 Å². The molecule has 0 saturated carbocycles. The predicted molar refractivity (Wildman–Crippen MR) is 80.2 cm³/mol. The van der Waals surface area contributed by atoms with Crippen molar-refractivity contribution in [3.05, 3.63) is 70.2 Å². The van der Waals surface area contributed by atoms with Gasteiger partial charge in [-0.1, -0.05) is 47.1 Å². The zero-order valence-electron chi connectivity index (χ0n) is 11.7. The van der Waals surface area contributed by atoms with Gasteiger partial charge in [0.05, 0.1) is 5.56 Å². The van der Waals surface area contributed by atoms with E-state index in [1.165, 1.54) is 12.1 Å². The maximum Gasteiger partial charge on any atom is 0.417 e. The number of alkyl halides is 3. The van der Waals surface area contributed by atoms with Crippen molar-refractivity contribution in [2.75, 3.05) is 6.61 Å². The third-order valence-corrected chi connectivity index (χ3v) is 3.11. The van der Waals surface area contributed by atoms with Crippen LogP contribution in [-0.4, -0.2) is 12.3 Å². The van der Waals surface area contributed by atoms with Gasteiger partial charge in [-0.05, 0) is 25.1 Å². The summed E-state index contributed by atoms with van der Waals surface area (Å²) in [6.45, 7) is 1.95. The lowest BCUT2D eigenvalue weighted by Gasteiger charge is -2.15. The highest BCUT2D eigenvalue weighted by atomic mass is 35.5. The van der Waals surface area contributed by atoms with E-state index < -0.39 is 11.7 Å². The van der Waals surface area contributed by atoms with Crippen LogP contribution in [0.1, 0.15) is 23.6 Å². The monoisotopic (exact) mass is 327 g/mol. The third-order valence-electron chi connectivity index (χ3n) is 2.87. The van der Waals surface area contributed by atoms with Crippen LogP contribution >= 0.6 is 11.6 Å². The first-order valence-electron chi connectivity index (χ1n) is 6.56. The molecule has 0 aliphatic rings. The second-order valence-electron chi connectivity index (χ2n) is 4.41. The fourth-order valence-corrected chi connectivity index (χ4v) is 2.11. The smallest absolute Gasteiger partial charge is 0.396 e. The van der Waals surface area contributed by atoms with Crippen LogP contribution < -0.4 is 0 Å². The molecule has 0 aliphatic carbocycles. The number of benzene rings is 2. The number of hydrogen-bond donors (Lipinski definition) is 0. The second-order valence-corrected chi connectivity index (χ2v) is 4.85. The molecule has 0 N–H and O–H groups in total. The number of nitrogens with zero attached hydrogens (tertiary/aromatic N) is 1. The van der Waals surface area contributed by atoms with E-state index in [1.807, 2.05) is 0 Å². The Hall–Kier alpha value is -2.01. The van der Waals surface area contributed by atoms with Crippen molar-refractivity contribution in [1.29, 1.82) is 0 Å². The van der Waals surface area contributed by atoms with Gasteiger partial charge >= 0.3 is 6.18 Å². The van der Waals surface area contributed by atoms with Gasteiger partial charge in [-0.25, -0.2) is 0 Å². The molecule has 2 nitrogen and oxygen atoms in total. The van der Waals surface area contributed by atoms with E-state index in [9.17, 15) is 13.2 Å². The maximum absolute atomic E-state index is 13.2. The summed E-state index contributed by atoms with van der Waals surface area (Å²) < 4.78 is 39.7. The van der Waals surface area contributed by atoms with Crippen molar-refractivity contribution in [2.45, 2.75) is 13.1 Å². The molecule has 0 saturated heterocycles. The van der Waals surface area contributed by atoms with Gasteiger partial charge < -0.3 is 4.84 Å². The van der Waals surface area contributed by atoms with Crippen molar-refractivity contribution in [3.8, 4) is 0 Å². The summed E-state index contributed by atoms with van der Waals surface area (Å²) in [4.78, 5) is 4.99. The van der Waals surface area contributed by atoms with Crippen molar-refractivity contribution in [2.24, 2.45) is 5.16 Å². The highest BCUT2D eigenvalue weighted by molar-refractivity contribution is 6.31. The molecule has 0 unspecified atom stereocenters. The predicted octanol–water partition coefficient (Wildman–Crippen LogP) is 5.15. The minimum Gasteiger partial charge on any atom is -0.396 e. The first kappa shape index (κ1) is 16.4. The quantitative estimate of drug-likeness (QED) is 0.562. The molecule has 0 bridgehead atoms. The largest absolute Gasteiger partial charge is 0.417 e. The Kier molecular flexibility index (Phi) is 5.08. The highest BCUT2D eigenvalue weighted by Crippen LogP contribution is 2.34. The normalized spacial score (nSPS) is 12.3. The van der Waals surface area contributed by atoms with Gasteiger partial charge in [0.15, 0.2) is 0 Å². The van der Waals surface area contributed by atoms with Crippen LogP contribution in [0, 0.1) is 0 Å². The van der Waals surface area contributed by atoms with Gasteiger partial charge in [0.2, 0.25) is 0 Å². The Morgan fingerprint density at radius 2 is 1.82 bits per heavy atom. The van der Waals surface area contributed by atoms with E-state index in [-0.39, 0.29) is 22.9 Å². The Labute approximate surface area is 131 Å². The topological polar surface area (TPSA) is 21.6 Å². The van der Waals surface area contributed by atoms with Crippen LogP contribution in [0.2, 0.25) is 5.02 Å². The molecule has 0 spiro atoms. The van der Waals surface area contributed by atoms with Gasteiger partial charge in [-0.2, -0.15) is 13.2 Å². The Balaban J connectivity index is 2.65. The van der Waals surface area contributed by atoms with Crippen molar-refractivity contribution >= 4 is 17.3 Å². The summed E-state index contributed by atoms with van der Waals surface area (Å²) in [7, 11) is 0. The third kappa shape index (κ3) is 3.80. The van der Waals surface area contributed by atoms with Crippen LogP contribution in [0.3, 0.4) is 0 Å². The molecule has 0 atom stereocenters. The number of rotatable bonds is 4. The molecule has 6 heteroatoms. The van der Waals surface area contributed by atoms with Crippen LogP contribution in [0.25, 0.3) is 0 Å². The molecule has 0 aromatic heterocycles. The van der Waals surface area contributed by atoms with Crippen LogP contribution in [0.5, 0.6) is 0 Å². The molecule has 2 aromatic rings. The Bertz CT molecular complexity index is 669. The fraction of sp³-hybridized carbons (Fsp3) is 0.188. The standard InChI is InChI=1S/C16H13ClF3NO/c1-2-22-21-15(11-6-4-3-5-7-11)13-10-12(17)8-9-14(13)16(18,19)20/h3-10H,2H2,1H3. The molecule has 0 heterocycles. The van der Waals surface area contributed by atoms with Crippen molar-refractivity contribution < 1.29 is 18.0 Å². The van der Waals surface area contributed by atoms with Crippen LogP contribution in [0.4, 0.5) is 13.2 Å². The summed E-state index contributed by atoms with van der Waals surface area (Å²) in [5, 5.41) is 4.05. The molecule has 2 aromatic carbocycles. The van der Waals surface area contributed by atoms with Crippen LogP contribution in [-0.2, 0) is 11.0 Å². The first-order valence-corrected chi connectivity index (χ1v) is 6.93. The highest BCUT2D eigenvalue weighted by Gasteiger charge is 2.35. The zero-order valence-corrected chi connectivity index (χ0v) is 12.4. The summed E-state index contributed by atoms with van der Waals surface area (Å²) >= 11 is 5.87. The minimum atomic E-state index is -4.51. The first-order chi connectivity index (χ1) is 10.4. The molecule has 22 heavy (non-hydrogen) atoms. The van der Waals surface area contributed by atoms with Gasteiger partial charge in [-0.3, -0.25) is 0 Å². The average molecular weight is 328 g/mol. The number of oxime groups is 1. The van der Waals surface area contributed by atoms with Gasteiger partial charge in [-0.15, -0.1) is 0 Å². The molecule has 0 radical (unpaired) electrons. The summed E-state index contributed by atoms with van der Waals surface area (Å²) in [5.41, 5.74) is -0.306. The molecule has 0 fully saturated rings. The van der Waals surface area contributed by atoms with Crippen LogP contribution in [0.15, 0.2) is 53.7 Å². The van der Waals surface area contributed by atoms with E-state index >= 15 is 0 Å². The van der Waals surface area contributed by atoms with Gasteiger partial charge in [0.1, 0.15) is 12.3 Å². The van der Waals surface area contributed by atoms with Crippen molar-refractivity contribution in [1.82, 2.24) is 0 Å².